The van der Waals surface area contributed by atoms with Crippen LogP contribution in [0.4, 0.5) is 0 Å². The van der Waals surface area contributed by atoms with Gasteiger partial charge in [0.1, 0.15) is 0 Å². The van der Waals surface area contributed by atoms with E-state index in [1.165, 1.54) is 0 Å². The molecule has 3 unspecified atom stereocenters. The molecular weight excluding hydrogens is 316 g/mol. The highest BCUT2D eigenvalue weighted by Gasteiger charge is 2.27. The zero-order valence-corrected chi connectivity index (χ0v) is 15.6. The van der Waals surface area contributed by atoms with Gasteiger partial charge in [0, 0.05) is 25.3 Å². The first-order valence-electron chi connectivity index (χ1n) is 9.34. The highest BCUT2D eigenvalue weighted by molar-refractivity contribution is 5.82. The van der Waals surface area contributed by atoms with E-state index in [2.05, 4.69) is 24.5 Å². The fourth-order valence-electron chi connectivity index (χ4n) is 3.23. The van der Waals surface area contributed by atoms with E-state index < -0.39 is 6.10 Å². The first-order chi connectivity index (χ1) is 12.0. The smallest absolute Gasteiger partial charge is 0.237 e. The number of ether oxygens (including phenoxy) is 1. The Hall–Kier alpha value is -1.43. The summed E-state index contributed by atoms with van der Waals surface area (Å²) in [5.74, 6) is 0.211. The number of rotatable bonds is 8. The first-order valence-corrected chi connectivity index (χ1v) is 9.34. The van der Waals surface area contributed by atoms with Gasteiger partial charge in [0.05, 0.1) is 12.1 Å². The van der Waals surface area contributed by atoms with Crippen molar-refractivity contribution in [3.63, 3.8) is 0 Å². The SMILES string of the molecule is CC(CC(O)c1ccccc1)NC(=O)C(NC1CCOCC1)C(C)C. The van der Waals surface area contributed by atoms with Gasteiger partial charge in [-0.05, 0) is 37.7 Å². The fourth-order valence-corrected chi connectivity index (χ4v) is 3.23. The number of aliphatic hydroxyl groups excluding tert-OH is 1. The Labute approximate surface area is 151 Å². The minimum Gasteiger partial charge on any atom is -0.388 e. The molecule has 3 atom stereocenters. The third-order valence-corrected chi connectivity index (χ3v) is 4.74. The number of benzene rings is 1. The number of hydrogen-bond donors (Lipinski definition) is 3. The molecule has 1 fully saturated rings. The molecule has 1 aromatic rings. The van der Waals surface area contributed by atoms with Gasteiger partial charge in [-0.3, -0.25) is 4.79 Å². The lowest BCUT2D eigenvalue weighted by Crippen LogP contribution is -2.53. The van der Waals surface area contributed by atoms with Crippen LogP contribution < -0.4 is 10.6 Å². The van der Waals surface area contributed by atoms with Crippen molar-refractivity contribution in [3.05, 3.63) is 35.9 Å². The van der Waals surface area contributed by atoms with Gasteiger partial charge >= 0.3 is 0 Å². The van der Waals surface area contributed by atoms with Gasteiger partial charge in [0.15, 0.2) is 0 Å². The van der Waals surface area contributed by atoms with E-state index in [-0.39, 0.29) is 23.9 Å². The van der Waals surface area contributed by atoms with E-state index in [0.29, 0.717) is 12.5 Å². The van der Waals surface area contributed by atoms with Crippen LogP contribution in [0.1, 0.15) is 51.7 Å². The van der Waals surface area contributed by atoms with Crippen molar-refractivity contribution >= 4 is 5.91 Å². The van der Waals surface area contributed by atoms with Gasteiger partial charge in [-0.25, -0.2) is 0 Å². The molecule has 1 amide bonds. The number of nitrogens with one attached hydrogen (secondary N) is 2. The number of aliphatic hydroxyl groups is 1. The van der Waals surface area contributed by atoms with Crippen LogP contribution in [0.5, 0.6) is 0 Å². The number of carbonyl (C=O) groups is 1. The van der Waals surface area contributed by atoms with Crippen LogP contribution in [-0.4, -0.2) is 42.4 Å². The van der Waals surface area contributed by atoms with Crippen LogP contribution in [0.25, 0.3) is 0 Å². The van der Waals surface area contributed by atoms with E-state index in [4.69, 9.17) is 4.74 Å². The van der Waals surface area contributed by atoms with Crippen LogP contribution in [0, 0.1) is 5.92 Å². The predicted molar refractivity (Wildman–Crippen MR) is 99.2 cm³/mol. The molecule has 5 heteroatoms. The Kier molecular flexibility index (Phi) is 7.88. The molecule has 0 saturated carbocycles. The van der Waals surface area contributed by atoms with E-state index in [9.17, 15) is 9.90 Å². The normalized spacial score (nSPS) is 19.4. The summed E-state index contributed by atoms with van der Waals surface area (Å²) in [4.78, 5) is 12.7. The summed E-state index contributed by atoms with van der Waals surface area (Å²) in [6.45, 7) is 7.56. The molecule has 1 aromatic carbocycles. The monoisotopic (exact) mass is 348 g/mol. The fraction of sp³-hybridized carbons (Fsp3) is 0.650. The molecule has 1 aliphatic heterocycles. The minimum atomic E-state index is -0.572. The van der Waals surface area contributed by atoms with E-state index in [1.54, 1.807) is 0 Å². The van der Waals surface area contributed by atoms with E-state index in [1.807, 2.05) is 37.3 Å². The second kappa shape index (κ2) is 9.90. The van der Waals surface area contributed by atoms with Crippen LogP contribution in [-0.2, 0) is 9.53 Å². The van der Waals surface area contributed by atoms with Crippen molar-refractivity contribution in [2.45, 2.75) is 64.3 Å². The van der Waals surface area contributed by atoms with Crippen molar-refractivity contribution in [1.82, 2.24) is 10.6 Å². The molecule has 2 rings (SSSR count). The zero-order valence-electron chi connectivity index (χ0n) is 15.6. The number of hydrogen-bond acceptors (Lipinski definition) is 4. The highest BCUT2D eigenvalue weighted by atomic mass is 16.5. The molecule has 1 heterocycles. The average Bonchev–Trinajstić information content (AvgIpc) is 2.60. The Balaban J connectivity index is 1.86. The summed E-state index contributed by atoms with van der Waals surface area (Å²) in [6.07, 6.45) is 1.81. The van der Waals surface area contributed by atoms with Crippen molar-refractivity contribution in [2.75, 3.05) is 13.2 Å². The van der Waals surface area contributed by atoms with Crippen LogP contribution >= 0.6 is 0 Å². The van der Waals surface area contributed by atoms with Crippen molar-refractivity contribution in [1.29, 1.82) is 0 Å². The van der Waals surface area contributed by atoms with Gasteiger partial charge in [0.25, 0.3) is 0 Å². The molecule has 0 bridgehead atoms. The molecule has 0 aliphatic carbocycles. The quantitative estimate of drug-likeness (QED) is 0.675. The molecule has 5 nitrogen and oxygen atoms in total. The van der Waals surface area contributed by atoms with Gasteiger partial charge in [-0.2, -0.15) is 0 Å². The lowest BCUT2D eigenvalue weighted by atomic mass is 9.98. The summed E-state index contributed by atoms with van der Waals surface area (Å²) in [5.41, 5.74) is 0.879. The standard InChI is InChI=1S/C20H32N2O3/c1-14(2)19(22-17-9-11-25-12-10-17)20(24)21-15(3)13-18(23)16-7-5-4-6-8-16/h4-8,14-15,17-19,22-23H,9-13H2,1-3H3,(H,21,24). The Bertz CT molecular complexity index is 515. The van der Waals surface area contributed by atoms with Crippen LogP contribution in [0.15, 0.2) is 30.3 Å². The molecule has 3 N–H and O–H groups in total. The molecule has 25 heavy (non-hydrogen) atoms. The summed E-state index contributed by atoms with van der Waals surface area (Å²) < 4.78 is 5.38. The lowest BCUT2D eigenvalue weighted by molar-refractivity contribution is -0.125. The first kappa shape index (κ1) is 19.9. The number of carbonyl (C=O) groups excluding carboxylic acids is 1. The largest absolute Gasteiger partial charge is 0.388 e. The number of amides is 1. The molecular formula is C20H32N2O3. The van der Waals surface area contributed by atoms with Crippen LogP contribution in [0.3, 0.4) is 0 Å². The summed E-state index contributed by atoms with van der Waals surface area (Å²) in [7, 11) is 0. The average molecular weight is 348 g/mol. The second-order valence-corrected chi connectivity index (χ2v) is 7.35. The molecule has 1 saturated heterocycles. The summed E-state index contributed by atoms with van der Waals surface area (Å²) in [6, 6.07) is 9.57. The Morgan fingerprint density at radius 3 is 2.44 bits per heavy atom. The van der Waals surface area contributed by atoms with Crippen molar-refractivity contribution < 1.29 is 14.6 Å². The third kappa shape index (κ3) is 6.42. The maximum absolute atomic E-state index is 12.7. The second-order valence-electron chi connectivity index (χ2n) is 7.35. The van der Waals surface area contributed by atoms with E-state index in [0.717, 1.165) is 31.6 Å². The van der Waals surface area contributed by atoms with Gasteiger partial charge in [-0.15, -0.1) is 0 Å². The summed E-state index contributed by atoms with van der Waals surface area (Å²) in [5, 5.41) is 16.9. The molecule has 0 spiro atoms. The Morgan fingerprint density at radius 1 is 1.20 bits per heavy atom. The van der Waals surface area contributed by atoms with Crippen LogP contribution in [0.2, 0.25) is 0 Å². The molecule has 1 aliphatic rings. The topological polar surface area (TPSA) is 70.6 Å². The van der Waals surface area contributed by atoms with Crippen molar-refractivity contribution in [3.8, 4) is 0 Å². The van der Waals surface area contributed by atoms with Crippen molar-refractivity contribution in [2.24, 2.45) is 5.92 Å². The van der Waals surface area contributed by atoms with Gasteiger partial charge < -0.3 is 20.5 Å². The maximum Gasteiger partial charge on any atom is 0.237 e. The Morgan fingerprint density at radius 2 is 1.84 bits per heavy atom. The third-order valence-electron chi connectivity index (χ3n) is 4.74. The molecule has 0 aromatic heterocycles. The summed E-state index contributed by atoms with van der Waals surface area (Å²) >= 11 is 0. The molecule has 0 radical (unpaired) electrons. The zero-order chi connectivity index (χ0) is 18.2. The lowest BCUT2D eigenvalue weighted by Gasteiger charge is -2.31. The van der Waals surface area contributed by atoms with E-state index >= 15 is 0 Å². The predicted octanol–water partition coefficient (Wildman–Crippen LogP) is 2.41. The molecule has 140 valence electrons. The highest BCUT2D eigenvalue weighted by Crippen LogP contribution is 2.18. The van der Waals surface area contributed by atoms with Gasteiger partial charge in [-0.1, -0.05) is 44.2 Å². The minimum absolute atomic E-state index is 0.00857. The maximum atomic E-state index is 12.7. The van der Waals surface area contributed by atoms with Gasteiger partial charge in [0.2, 0.25) is 5.91 Å².